The van der Waals surface area contributed by atoms with E-state index in [0.717, 1.165) is 5.56 Å². The van der Waals surface area contributed by atoms with Crippen LogP contribution in [0.3, 0.4) is 0 Å². The SMILES string of the molecule is CCOc1cc(NC(=O)c2ccccc2C)c(OCC)cc1NC(=O)c1ccccc1. The minimum absolute atomic E-state index is 0.248. The molecule has 31 heavy (non-hydrogen) atoms. The highest BCUT2D eigenvalue weighted by molar-refractivity contribution is 6.08. The normalized spacial score (nSPS) is 10.3. The number of nitrogens with one attached hydrogen (secondary N) is 2. The van der Waals surface area contributed by atoms with Crippen LogP contribution in [0.4, 0.5) is 11.4 Å². The molecule has 0 aliphatic rings. The molecular weight excluding hydrogens is 392 g/mol. The molecule has 0 unspecified atom stereocenters. The molecule has 0 saturated carbocycles. The maximum absolute atomic E-state index is 12.8. The van der Waals surface area contributed by atoms with Crippen molar-refractivity contribution < 1.29 is 19.1 Å². The summed E-state index contributed by atoms with van der Waals surface area (Å²) < 4.78 is 11.5. The standard InChI is InChI=1S/C25H26N2O4/c1-4-30-22-16-21(27-25(29)19-14-10-9-11-17(19)3)23(31-5-2)15-20(22)26-24(28)18-12-7-6-8-13-18/h6-16H,4-5H2,1-3H3,(H,26,28)(H,27,29). The average molecular weight is 418 g/mol. The Bertz CT molecular complexity index is 1060. The molecule has 0 aliphatic heterocycles. The number of hydrogen-bond acceptors (Lipinski definition) is 4. The zero-order valence-electron chi connectivity index (χ0n) is 17.9. The summed E-state index contributed by atoms with van der Waals surface area (Å²) in [7, 11) is 0. The lowest BCUT2D eigenvalue weighted by Gasteiger charge is -2.18. The third-order valence-electron chi connectivity index (χ3n) is 4.60. The Labute approximate surface area is 182 Å². The average Bonchev–Trinajstić information content (AvgIpc) is 2.77. The second-order valence-corrected chi connectivity index (χ2v) is 6.80. The molecule has 0 fully saturated rings. The molecule has 3 aromatic carbocycles. The summed E-state index contributed by atoms with van der Waals surface area (Å²) in [6.07, 6.45) is 0. The van der Waals surface area contributed by atoms with E-state index >= 15 is 0 Å². The molecule has 0 atom stereocenters. The number of carbonyl (C=O) groups is 2. The summed E-state index contributed by atoms with van der Waals surface area (Å²) >= 11 is 0. The zero-order valence-corrected chi connectivity index (χ0v) is 17.9. The van der Waals surface area contributed by atoms with Gasteiger partial charge < -0.3 is 20.1 Å². The highest BCUT2D eigenvalue weighted by Crippen LogP contribution is 2.37. The molecule has 3 rings (SSSR count). The molecular formula is C25H26N2O4. The van der Waals surface area contributed by atoms with Gasteiger partial charge in [0.1, 0.15) is 11.5 Å². The summed E-state index contributed by atoms with van der Waals surface area (Å²) in [5.41, 5.74) is 2.91. The summed E-state index contributed by atoms with van der Waals surface area (Å²) in [5, 5.41) is 5.78. The number of amides is 2. The first kappa shape index (κ1) is 21.9. The predicted molar refractivity (Wildman–Crippen MR) is 122 cm³/mol. The minimum Gasteiger partial charge on any atom is -0.492 e. The van der Waals surface area contributed by atoms with Gasteiger partial charge in [0.05, 0.1) is 24.6 Å². The van der Waals surface area contributed by atoms with Crippen LogP contribution in [0.1, 0.15) is 40.1 Å². The van der Waals surface area contributed by atoms with Crippen molar-refractivity contribution in [3.63, 3.8) is 0 Å². The number of rotatable bonds is 8. The van der Waals surface area contributed by atoms with E-state index in [9.17, 15) is 9.59 Å². The van der Waals surface area contributed by atoms with Crippen LogP contribution in [0, 0.1) is 6.92 Å². The first-order valence-electron chi connectivity index (χ1n) is 10.2. The largest absolute Gasteiger partial charge is 0.492 e. The Balaban J connectivity index is 1.94. The molecule has 6 nitrogen and oxygen atoms in total. The van der Waals surface area contributed by atoms with Crippen LogP contribution < -0.4 is 20.1 Å². The molecule has 6 heteroatoms. The number of carbonyl (C=O) groups excluding carboxylic acids is 2. The Morgan fingerprint density at radius 2 is 1.26 bits per heavy atom. The quantitative estimate of drug-likeness (QED) is 0.521. The van der Waals surface area contributed by atoms with Crippen LogP contribution in [0.5, 0.6) is 11.5 Å². The third-order valence-corrected chi connectivity index (χ3v) is 4.60. The van der Waals surface area contributed by atoms with E-state index in [1.54, 1.807) is 42.5 Å². The topological polar surface area (TPSA) is 76.7 Å². The van der Waals surface area contributed by atoms with Crippen molar-refractivity contribution in [1.82, 2.24) is 0 Å². The summed E-state index contributed by atoms with van der Waals surface area (Å²) in [6, 6.07) is 19.6. The Morgan fingerprint density at radius 3 is 1.81 bits per heavy atom. The van der Waals surface area contributed by atoms with E-state index in [4.69, 9.17) is 9.47 Å². The Morgan fingerprint density at radius 1 is 0.742 bits per heavy atom. The van der Waals surface area contributed by atoms with Crippen molar-refractivity contribution >= 4 is 23.2 Å². The highest BCUT2D eigenvalue weighted by atomic mass is 16.5. The molecule has 2 N–H and O–H groups in total. The van der Waals surface area contributed by atoms with Crippen LogP contribution in [-0.2, 0) is 0 Å². The lowest BCUT2D eigenvalue weighted by atomic mass is 10.1. The van der Waals surface area contributed by atoms with Gasteiger partial charge in [0.25, 0.3) is 11.8 Å². The molecule has 0 aliphatic carbocycles. The maximum atomic E-state index is 12.8. The fourth-order valence-corrected chi connectivity index (χ4v) is 3.11. The molecule has 0 radical (unpaired) electrons. The van der Waals surface area contributed by atoms with Crippen molar-refractivity contribution in [3.05, 3.63) is 83.4 Å². The van der Waals surface area contributed by atoms with E-state index in [1.807, 2.05) is 45.0 Å². The Hall–Kier alpha value is -3.80. The van der Waals surface area contributed by atoms with Gasteiger partial charge in [-0.3, -0.25) is 9.59 Å². The first-order chi connectivity index (χ1) is 15.0. The summed E-state index contributed by atoms with van der Waals surface area (Å²) in [5.74, 6) is 0.370. The fraction of sp³-hybridized carbons (Fsp3) is 0.200. The second kappa shape index (κ2) is 10.3. The lowest BCUT2D eigenvalue weighted by molar-refractivity contribution is 0.101. The smallest absolute Gasteiger partial charge is 0.256 e. The van der Waals surface area contributed by atoms with Crippen LogP contribution in [0.15, 0.2) is 66.7 Å². The van der Waals surface area contributed by atoms with Crippen LogP contribution in [0.2, 0.25) is 0 Å². The van der Waals surface area contributed by atoms with E-state index in [-0.39, 0.29) is 11.8 Å². The number of aryl methyl sites for hydroxylation is 1. The molecule has 160 valence electrons. The minimum atomic E-state index is -0.263. The number of anilines is 2. The highest BCUT2D eigenvalue weighted by Gasteiger charge is 2.18. The monoisotopic (exact) mass is 418 g/mol. The van der Waals surface area contributed by atoms with E-state index in [2.05, 4.69) is 10.6 Å². The number of ether oxygens (including phenoxy) is 2. The lowest BCUT2D eigenvalue weighted by Crippen LogP contribution is -2.16. The van der Waals surface area contributed by atoms with Crippen molar-refractivity contribution in [3.8, 4) is 11.5 Å². The van der Waals surface area contributed by atoms with Crippen molar-refractivity contribution in [2.24, 2.45) is 0 Å². The van der Waals surface area contributed by atoms with Gasteiger partial charge in [0.2, 0.25) is 0 Å². The van der Waals surface area contributed by atoms with Gasteiger partial charge in [-0.25, -0.2) is 0 Å². The van der Waals surface area contributed by atoms with Crippen molar-refractivity contribution in [1.29, 1.82) is 0 Å². The molecule has 3 aromatic rings. The summed E-state index contributed by atoms with van der Waals surface area (Å²) in [4.78, 5) is 25.5. The van der Waals surface area contributed by atoms with Gasteiger partial charge in [-0.15, -0.1) is 0 Å². The van der Waals surface area contributed by atoms with Crippen LogP contribution in [-0.4, -0.2) is 25.0 Å². The van der Waals surface area contributed by atoms with E-state index < -0.39 is 0 Å². The Kier molecular flexibility index (Phi) is 7.27. The maximum Gasteiger partial charge on any atom is 0.256 e. The van der Waals surface area contributed by atoms with Gasteiger partial charge >= 0.3 is 0 Å². The van der Waals surface area contributed by atoms with Gasteiger partial charge in [-0.2, -0.15) is 0 Å². The van der Waals surface area contributed by atoms with Gasteiger partial charge in [0.15, 0.2) is 0 Å². The van der Waals surface area contributed by atoms with Gasteiger partial charge in [-0.05, 0) is 44.5 Å². The molecule has 0 aromatic heterocycles. The molecule has 2 amide bonds. The summed E-state index contributed by atoms with van der Waals surface area (Å²) in [6.45, 7) is 6.38. The second-order valence-electron chi connectivity index (χ2n) is 6.80. The molecule has 0 bridgehead atoms. The van der Waals surface area contributed by atoms with E-state index in [1.165, 1.54) is 0 Å². The zero-order chi connectivity index (χ0) is 22.2. The van der Waals surface area contributed by atoms with Crippen LogP contribution >= 0.6 is 0 Å². The third kappa shape index (κ3) is 5.42. The predicted octanol–water partition coefficient (Wildman–Crippen LogP) is 5.30. The first-order valence-corrected chi connectivity index (χ1v) is 10.2. The van der Waals surface area contributed by atoms with E-state index in [0.29, 0.717) is 47.2 Å². The number of benzene rings is 3. The molecule has 0 spiro atoms. The van der Waals surface area contributed by atoms with Gasteiger partial charge in [-0.1, -0.05) is 36.4 Å². The van der Waals surface area contributed by atoms with Crippen molar-refractivity contribution in [2.45, 2.75) is 20.8 Å². The fourth-order valence-electron chi connectivity index (χ4n) is 3.11. The number of hydrogen-bond donors (Lipinski definition) is 2. The van der Waals surface area contributed by atoms with Crippen LogP contribution in [0.25, 0.3) is 0 Å². The van der Waals surface area contributed by atoms with Crippen molar-refractivity contribution in [2.75, 3.05) is 23.8 Å². The van der Waals surface area contributed by atoms with Gasteiger partial charge in [0, 0.05) is 23.3 Å². The molecule has 0 heterocycles. The molecule has 0 saturated heterocycles.